The van der Waals surface area contributed by atoms with Crippen LogP contribution in [0.3, 0.4) is 0 Å². The van der Waals surface area contributed by atoms with E-state index >= 15 is 0 Å². The summed E-state index contributed by atoms with van der Waals surface area (Å²) in [6.07, 6.45) is -0.0313. The molecule has 0 aliphatic heterocycles. The summed E-state index contributed by atoms with van der Waals surface area (Å²) >= 11 is 0. The maximum absolute atomic E-state index is 12.6. The molecule has 0 aromatic heterocycles. The third kappa shape index (κ3) is 4.89. The molecule has 0 radical (unpaired) electrons. The number of hydrogen-bond donors (Lipinski definition) is 1. The van der Waals surface area contributed by atoms with E-state index in [1.165, 1.54) is 0 Å². The highest BCUT2D eigenvalue weighted by atomic mass is 16.5. The molecule has 5 heteroatoms. The molecule has 0 heterocycles. The van der Waals surface area contributed by atoms with Crippen molar-refractivity contribution in [1.82, 2.24) is 5.32 Å². The Kier molecular flexibility index (Phi) is 6.69. The second-order valence-electron chi connectivity index (χ2n) is 5.67. The number of ether oxygens (including phenoxy) is 3. The Morgan fingerprint density at radius 3 is 2.20 bits per heavy atom. The van der Waals surface area contributed by atoms with Crippen molar-refractivity contribution in [2.45, 2.75) is 32.4 Å². The van der Waals surface area contributed by atoms with E-state index in [4.69, 9.17) is 14.2 Å². The van der Waals surface area contributed by atoms with E-state index in [9.17, 15) is 4.79 Å². The van der Waals surface area contributed by atoms with Crippen molar-refractivity contribution >= 4 is 5.91 Å². The Morgan fingerprint density at radius 1 is 1.00 bits per heavy atom. The Hall–Kier alpha value is -2.69. The summed E-state index contributed by atoms with van der Waals surface area (Å²) in [4.78, 5) is 12.6. The maximum Gasteiger partial charge on any atom is 0.261 e. The van der Waals surface area contributed by atoms with Crippen LogP contribution in [0.4, 0.5) is 0 Å². The van der Waals surface area contributed by atoms with Gasteiger partial charge in [-0.3, -0.25) is 4.79 Å². The minimum atomic E-state index is -0.586. The predicted octanol–water partition coefficient (Wildman–Crippen LogP) is 3.74. The second-order valence-corrected chi connectivity index (χ2v) is 5.67. The molecule has 0 aliphatic carbocycles. The largest absolute Gasteiger partial charge is 0.497 e. The number of carbonyl (C=O) groups is 1. The van der Waals surface area contributed by atoms with Gasteiger partial charge in [0, 0.05) is 0 Å². The average Bonchev–Trinajstić information content (AvgIpc) is 2.66. The summed E-state index contributed by atoms with van der Waals surface area (Å²) in [5.74, 6) is 1.80. The Labute approximate surface area is 148 Å². The molecule has 0 saturated heterocycles. The van der Waals surface area contributed by atoms with Crippen molar-refractivity contribution in [1.29, 1.82) is 0 Å². The Bertz CT molecular complexity index is 684. The zero-order chi connectivity index (χ0) is 18.2. The average molecular weight is 343 g/mol. The van der Waals surface area contributed by atoms with Crippen LogP contribution in [0.5, 0.6) is 17.2 Å². The number of benzene rings is 2. The second kappa shape index (κ2) is 8.97. The number of rotatable bonds is 8. The van der Waals surface area contributed by atoms with Crippen LogP contribution in [-0.2, 0) is 4.79 Å². The van der Waals surface area contributed by atoms with Gasteiger partial charge in [0.1, 0.15) is 5.75 Å². The molecule has 0 unspecified atom stereocenters. The van der Waals surface area contributed by atoms with Gasteiger partial charge in [-0.25, -0.2) is 0 Å². The number of methoxy groups -OCH3 is 2. The molecule has 0 bridgehead atoms. The molecule has 0 saturated carbocycles. The monoisotopic (exact) mass is 343 g/mol. The lowest BCUT2D eigenvalue weighted by Gasteiger charge is -2.21. The first-order valence-electron chi connectivity index (χ1n) is 8.33. The molecule has 1 N–H and O–H groups in total. The van der Waals surface area contributed by atoms with Gasteiger partial charge in [-0.15, -0.1) is 0 Å². The fraction of sp³-hybridized carbons (Fsp3) is 0.350. The van der Waals surface area contributed by atoms with Crippen molar-refractivity contribution in [3.8, 4) is 17.2 Å². The molecule has 2 atom stereocenters. The Balaban J connectivity index is 2.03. The quantitative estimate of drug-likeness (QED) is 0.793. The third-order valence-electron chi connectivity index (χ3n) is 3.98. The first-order valence-corrected chi connectivity index (χ1v) is 8.33. The van der Waals surface area contributed by atoms with E-state index in [1.54, 1.807) is 26.4 Å². The van der Waals surface area contributed by atoms with Crippen LogP contribution in [0.15, 0.2) is 48.5 Å². The summed E-state index contributed by atoms with van der Waals surface area (Å²) in [7, 11) is 3.20. The van der Waals surface area contributed by atoms with E-state index in [1.807, 2.05) is 50.2 Å². The summed E-state index contributed by atoms with van der Waals surface area (Å²) in [6.45, 7) is 3.85. The van der Waals surface area contributed by atoms with Crippen LogP contribution < -0.4 is 19.5 Å². The third-order valence-corrected chi connectivity index (χ3v) is 3.98. The molecule has 0 spiro atoms. The van der Waals surface area contributed by atoms with E-state index in [0.29, 0.717) is 17.9 Å². The van der Waals surface area contributed by atoms with E-state index in [0.717, 1.165) is 11.3 Å². The van der Waals surface area contributed by atoms with Crippen LogP contribution in [0.2, 0.25) is 0 Å². The van der Waals surface area contributed by atoms with Crippen molar-refractivity contribution in [2.24, 2.45) is 0 Å². The summed E-state index contributed by atoms with van der Waals surface area (Å²) in [6, 6.07) is 14.8. The minimum absolute atomic E-state index is 0.131. The molecule has 2 aromatic carbocycles. The lowest BCUT2D eigenvalue weighted by Crippen LogP contribution is -2.39. The van der Waals surface area contributed by atoms with Crippen LogP contribution >= 0.6 is 0 Å². The molecule has 2 rings (SSSR count). The molecule has 0 fully saturated rings. The van der Waals surface area contributed by atoms with Crippen LogP contribution in [-0.4, -0.2) is 26.2 Å². The molecular weight excluding hydrogens is 318 g/mol. The lowest BCUT2D eigenvalue weighted by molar-refractivity contribution is -0.128. The molecule has 2 aromatic rings. The van der Waals surface area contributed by atoms with Crippen molar-refractivity contribution < 1.29 is 19.0 Å². The topological polar surface area (TPSA) is 56.8 Å². The van der Waals surface area contributed by atoms with Crippen molar-refractivity contribution in [2.75, 3.05) is 14.2 Å². The van der Waals surface area contributed by atoms with Crippen LogP contribution in [0.25, 0.3) is 0 Å². The van der Waals surface area contributed by atoms with Gasteiger partial charge in [0.15, 0.2) is 17.6 Å². The van der Waals surface area contributed by atoms with E-state index in [-0.39, 0.29) is 11.9 Å². The van der Waals surface area contributed by atoms with Gasteiger partial charge < -0.3 is 19.5 Å². The van der Waals surface area contributed by atoms with Gasteiger partial charge in [-0.05, 0) is 43.2 Å². The number of para-hydroxylation sites is 2. The standard InChI is InChI=1S/C20H25NO4/c1-5-17(25-19-9-7-6-8-18(19)24-4)20(22)21-14(2)15-10-12-16(23-3)13-11-15/h6-14,17H,5H2,1-4H3,(H,21,22)/t14-,17+/m0/s1. The molecule has 0 aliphatic rings. The van der Waals surface area contributed by atoms with E-state index in [2.05, 4.69) is 5.32 Å². The highest BCUT2D eigenvalue weighted by Gasteiger charge is 2.22. The van der Waals surface area contributed by atoms with Gasteiger partial charge in [0.2, 0.25) is 0 Å². The highest BCUT2D eigenvalue weighted by molar-refractivity contribution is 5.81. The SMILES string of the molecule is CC[C@@H](Oc1ccccc1OC)C(=O)N[C@@H](C)c1ccc(OC)cc1. The van der Waals surface area contributed by atoms with Gasteiger partial charge in [0.25, 0.3) is 5.91 Å². The minimum Gasteiger partial charge on any atom is -0.497 e. The normalized spacial score (nSPS) is 12.8. The van der Waals surface area contributed by atoms with Gasteiger partial charge in [-0.1, -0.05) is 31.2 Å². The maximum atomic E-state index is 12.6. The van der Waals surface area contributed by atoms with Crippen molar-refractivity contribution in [3.63, 3.8) is 0 Å². The number of carbonyl (C=O) groups excluding carboxylic acids is 1. The molecule has 1 amide bonds. The summed E-state index contributed by atoms with van der Waals surface area (Å²) < 4.78 is 16.3. The molecule has 134 valence electrons. The van der Waals surface area contributed by atoms with Gasteiger partial charge in [-0.2, -0.15) is 0 Å². The van der Waals surface area contributed by atoms with Gasteiger partial charge in [0.05, 0.1) is 20.3 Å². The fourth-order valence-electron chi connectivity index (χ4n) is 2.47. The first kappa shape index (κ1) is 18.6. The fourth-order valence-corrected chi connectivity index (χ4v) is 2.47. The number of nitrogens with one attached hydrogen (secondary N) is 1. The lowest BCUT2D eigenvalue weighted by atomic mass is 10.1. The number of amides is 1. The van der Waals surface area contributed by atoms with Gasteiger partial charge >= 0.3 is 0 Å². The summed E-state index contributed by atoms with van der Waals surface area (Å²) in [5.41, 5.74) is 1.00. The zero-order valence-corrected chi connectivity index (χ0v) is 15.1. The number of hydrogen-bond acceptors (Lipinski definition) is 4. The highest BCUT2D eigenvalue weighted by Crippen LogP contribution is 2.27. The zero-order valence-electron chi connectivity index (χ0n) is 15.1. The van der Waals surface area contributed by atoms with Crippen molar-refractivity contribution in [3.05, 3.63) is 54.1 Å². The first-order chi connectivity index (χ1) is 12.1. The van der Waals surface area contributed by atoms with Crippen LogP contribution in [0, 0.1) is 0 Å². The predicted molar refractivity (Wildman–Crippen MR) is 97.3 cm³/mol. The molecule has 5 nitrogen and oxygen atoms in total. The molecule has 25 heavy (non-hydrogen) atoms. The molecular formula is C20H25NO4. The summed E-state index contributed by atoms with van der Waals surface area (Å²) in [5, 5.41) is 3.00. The smallest absolute Gasteiger partial charge is 0.261 e. The van der Waals surface area contributed by atoms with Crippen LogP contribution in [0.1, 0.15) is 31.9 Å². The Morgan fingerprint density at radius 2 is 1.64 bits per heavy atom. The van der Waals surface area contributed by atoms with E-state index < -0.39 is 6.10 Å².